The summed E-state index contributed by atoms with van der Waals surface area (Å²) in [6, 6.07) is 0. The van der Waals surface area contributed by atoms with Crippen LogP contribution in [0.1, 0.15) is 32.6 Å². The van der Waals surface area contributed by atoms with Crippen molar-refractivity contribution in [2.45, 2.75) is 32.6 Å². The maximum Gasteiger partial charge on any atom is 0.367 e. The molecular formula is C11H21O5P. The largest absolute Gasteiger partial charge is 0.452 e. The van der Waals surface area contributed by atoms with Gasteiger partial charge in [0.05, 0.1) is 5.92 Å². The summed E-state index contributed by atoms with van der Waals surface area (Å²) in [6.07, 6.45) is 3.50. The minimum absolute atomic E-state index is 0.0617. The zero-order valence-electron chi connectivity index (χ0n) is 10.7. The van der Waals surface area contributed by atoms with Crippen LogP contribution in [0.2, 0.25) is 0 Å². The van der Waals surface area contributed by atoms with E-state index in [1.807, 2.05) is 0 Å². The second-order valence-corrected chi connectivity index (χ2v) is 6.74. The Morgan fingerprint density at radius 1 is 1.18 bits per heavy atom. The fourth-order valence-electron chi connectivity index (χ4n) is 1.94. The maximum atomic E-state index is 11.7. The van der Waals surface area contributed by atoms with Crippen molar-refractivity contribution in [1.29, 1.82) is 0 Å². The highest BCUT2D eigenvalue weighted by atomic mass is 31.2. The first-order valence-corrected chi connectivity index (χ1v) is 7.60. The Kier molecular flexibility index (Phi) is 5.63. The van der Waals surface area contributed by atoms with Crippen LogP contribution < -0.4 is 0 Å². The summed E-state index contributed by atoms with van der Waals surface area (Å²) in [4.78, 5) is 11.7. The van der Waals surface area contributed by atoms with Crippen LogP contribution in [0.15, 0.2) is 0 Å². The van der Waals surface area contributed by atoms with Gasteiger partial charge in [-0.05, 0) is 31.6 Å². The molecule has 1 fully saturated rings. The number of esters is 1. The molecule has 1 aliphatic rings. The molecule has 100 valence electrons. The molecule has 0 aromatic rings. The Morgan fingerprint density at radius 2 is 1.71 bits per heavy atom. The van der Waals surface area contributed by atoms with Crippen molar-refractivity contribution in [2.75, 3.05) is 20.6 Å². The molecule has 1 aliphatic carbocycles. The fraction of sp³-hybridized carbons (Fsp3) is 0.909. The van der Waals surface area contributed by atoms with Gasteiger partial charge in [-0.15, -0.1) is 0 Å². The van der Waals surface area contributed by atoms with Crippen LogP contribution in [0, 0.1) is 11.8 Å². The van der Waals surface area contributed by atoms with Gasteiger partial charge in [0, 0.05) is 14.2 Å². The molecule has 0 atom stereocenters. The van der Waals surface area contributed by atoms with Crippen molar-refractivity contribution in [3.05, 3.63) is 0 Å². The molecule has 17 heavy (non-hydrogen) atoms. The van der Waals surface area contributed by atoms with Gasteiger partial charge in [-0.25, -0.2) is 0 Å². The standard InChI is InChI=1S/C11H21O5P/c1-9-4-6-10(7-5-9)11(12)16-8-17(13,14-2)15-3/h9-10H,4-8H2,1-3H3. The van der Waals surface area contributed by atoms with Gasteiger partial charge in [0.25, 0.3) is 0 Å². The summed E-state index contributed by atoms with van der Waals surface area (Å²) in [5.41, 5.74) is 0. The molecule has 0 heterocycles. The van der Waals surface area contributed by atoms with E-state index in [1.54, 1.807) is 0 Å². The van der Waals surface area contributed by atoms with Gasteiger partial charge in [-0.2, -0.15) is 0 Å². The Hall–Kier alpha value is -0.380. The van der Waals surface area contributed by atoms with Crippen molar-refractivity contribution in [2.24, 2.45) is 11.8 Å². The predicted molar refractivity (Wildman–Crippen MR) is 63.7 cm³/mol. The Bertz CT molecular complexity index is 288. The van der Waals surface area contributed by atoms with E-state index in [9.17, 15) is 9.36 Å². The molecule has 0 N–H and O–H groups in total. The molecular weight excluding hydrogens is 243 g/mol. The topological polar surface area (TPSA) is 61.8 Å². The van der Waals surface area contributed by atoms with E-state index in [0.717, 1.165) is 25.7 Å². The SMILES string of the molecule is COP(=O)(COC(=O)C1CCC(C)CC1)OC. The second kappa shape index (κ2) is 6.53. The first kappa shape index (κ1) is 14.7. The number of hydrogen-bond acceptors (Lipinski definition) is 5. The first-order valence-electron chi connectivity index (χ1n) is 5.88. The van der Waals surface area contributed by atoms with Gasteiger partial charge >= 0.3 is 13.6 Å². The van der Waals surface area contributed by atoms with Crippen molar-refractivity contribution in [3.8, 4) is 0 Å². The average molecular weight is 264 g/mol. The zero-order chi connectivity index (χ0) is 12.9. The minimum atomic E-state index is -3.24. The molecule has 1 rings (SSSR count). The van der Waals surface area contributed by atoms with Gasteiger partial charge in [-0.3, -0.25) is 9.36 Å². The monoisotopic (exact) mass is 264 g/mol. The Labute approximate surface area is 102 Å². The number of carbonyl (C=O) groups is 1. The lowest BCUT2D eigenvalue weighted by atomic mass is 9.83. The lowest BCUT2D eigenvalue weighted by molar-refractivity contribution is -0.148. The van der Waals surface area contributed by atoms with Gasteiger partial charge in [0.15, 0.2) is 6.35 Å². The highest BCUT2D eigenvalue weighted by Gasteiger charge is 2.29. The molecule has 0 aromatic carbocycles. The first-order chi connectivity index (χ1) is 8.00. The highest BCUT2D eigenvalue weighted by Crippen LogP contribution is 2.46. The third-order valence-corrected chi connectivity index (χ3v) is 4.83. The van der Waals surface area contributed by atoms with E-state index in [-0.39, 0.29) is 18.2 Å². The maximum absolute atomic E-state index is 11.7. The Morgan fingerprint density at radius 3 is 2.18 bits per heavy atom. The zero-order valence-corrected chi connectivity index (χ0v) is 11.6. The molecule has 0 aromatic heterocycles. The summed E-state index contributed by atoms with van der Waals surface area (Å²) in [5, 5.41) is 0. The molecule has 0 amide bonds. The van der Waals surface area contributed by atoms with E-state index in [2.05, 4.69) is 6.92 Å². The van der Waals surface area contributed by atoms with Gasteiger partial charge in [-0.1, -0.05) is 6.92 Å². The third kappa shape index (κ3) is 4.41. The van der Waals surface area contributed by atoms with Gasteiger partial charge in [0.1, 0.15) is 0 Å². The number of hydrogen-bond donors (Lipinski definition) is 0. The molecule has 5 nitrogen and oxygen atoms in total. The van der Waals surface area contributed by atoms with Gasteiger partial charge in [0.2, 0.25) is 0 Å². The number of rotatable bonds is 5. The molecule has 0 bridgehead atoms. The van der Waals surface area contributed by atoms with E-state index < -0.39 is 7.60 Å². The van der Waals surface area contributed by atoms with Crippen LogP contribution >= 0.6 is 7.60 Å². The van der Waals surface area contributed by atoms with Crippen LogP contribution in [0.5, 0.6) is 0 Å². The lowest BCUT2D eigenvalue weighted by Crippen LogP contribution is -2.23. The summed E-state index contributed by atoms with van der Waals surface area (Å²) >= 11 is 0. The van der Waals surface area contributed by atoms with Crippen LogP contribution in [-0.4, -0.2) is 26.5 Å². The highest BCUT2D eigenvalue weighted by molar-refractivity contribution is 7.53. The Balaban J connectivity index is 2.37. The molecule has 0 aliphatic heterocycles. The van der Waals surface area contributed by atoms with Crippen LogP contribution in [0.3, 0.4) is 0 Å². The smallest absolute Gasteiger partial charge is 0.367 e. The van der Waals surface area contributed by atoms with E-state index in [4.69, 9.17) is 13.8 Å². The summed E-state index contributed by atoms with van der Waals surface area (Å²) < 4.78 is 26.1. The lowest BCUT2D eigenvalue weighted by Gasteiger charge is -2.25. The molecule has 0 unspecified atom stereocenters. The van der Waals surface area contributed by atoms with Crippen molar-refractivity contribution < 1.29 is 23.1 Å². The summed E-state index contributed by atoms with van der Waals surface area (Å²) in [6.45, 7) is 2.19. The van der Waals surface area contributed by atoms with Crippen LogP contribution in [0.25, 0.3) is 0 Å². The average Bonchev–Trinajstić information content (AvgIpc) is 2.36. The van der Waals surface area contributed by atoms with Crippen molar-refractivity contribution in [1.82, 2.24) is 0 Å². The van der Waals surface area contributed by atoms with Crippen molar-refractivity contribution >= 4 is 13.6 Å². The molecule has 1 saturated carbocycles. The molecule has 0 saturated heterocycles. The summed E-state index contributed by atoms with van der Waals surface area (Å²) in [7, 11) is -0.685. The minimum Gasteiger partial charge on any atom is -0.452 e. The quantitative estimate of drug-likeness (QED) is 0.564. The second-order valence-electron chi connectivity index (χ2n) is 4.53. The molecule has 6 heteroatoms. The van der Waals surface area contributed by atoms with Crippen LogP contribution in [0.4, 0.5) is 0 Å². The van der Waals surface area contributed by atoms with Crippen molar-refractivity contribution in [3.63, 3.8) is 0 Å². The summed E-state index contributed by atoms with van der Waals surface area (Å²) in [5.74, 6) is 0.336. The normalized spacial score (nSPS) is 25.6. The van der Waals surface area contributed by atoms with E-state index in [1.165, 1.54) is 14.2 Å². The fourth-order valence-corrected chi connectivity index (χ4v) is 2.58. The number of carbonyl (C=O) groups excluding carboxylic acids is 1. The van der Waals surface area contributed by atoms with Gasteiger partial charge < -0.3 is 13.8 Å². The molecule has 0 radical (unpaired) electrons. The van der Waals surface area contributed by atoms with E-state index in [0.29, 0.717) is 5.92 Å². The van der Waals surface area contributed by atoms with E-state index >= 15 is 0 Å². The third-order valence-electron chi connectivity index (χ3n) is 3.27. The predicted octanol–water partition coefficient (Wildman–Crippen LogP) is 2.80. The van der Waals surface area contributed by atoms with Crippen LogP contribution in [-0.2, 0) is 23.1 Å². The number of ether oxygens (including phenoxy) is 1. The molecule has 0 spiro atoms.